The number of hydrogen-bond donors (Lipinski definition) is 2. The van der Waals surface area contributed by atoms with Gasteiger partial charge in [0.25, 0.3) is 0 Å². The summed E-state index contributed by atoms with van der Waals surface area (Å²) in [7, 11) is 1.54. The average Bonchev–Trinajstić information content (AvgIpc) is 2.82. The Kier molecular flexibility index (Phi) is 3.92. The van der Waals surface area contributed by atoms with Gasteiger partial charge < -0.3 is 15.2 Å². The summed E-state index contributed by atoms with van der Waals surface area (Å²) in [5, 5.41) is 13.0. The zero-order chi connectivity index (χ0) is 14.0. The number of carboxylic acids is 1. The van der Waals surface area contributed by atoms with Gasteiger partial charge in [0, 0.05) is 11.1 Å². The van der Waals surface area contributed by atoms with E-state index in [1.54, 1.807) is 6.07 Å². The van der Waals surface area contributed by atoms with Gasteiger partial charge in [0.05, 0.1) is 19.0 Å². The molecule has 100 valence electrons. The Bertz CT molecular complexity index is 627. The minimum atomic E-state index is -0.996. The van der Waals surface area contributed by atoms with Crippen molar-refractivity contribution in [3.63, 3.8) is 0 Å². The first-order valence-electron chi connectivity index (χ1n) is 5.31. The molecular weight excluding hydrogens is 288 g/mol. The molecule has 0 aliphatic rings. The lowest BCUT2D eigenvalue weighted by Crippen LogP contribution is -1.95. The Hall–Kier alpha value is -1.79. The van der Waals surface area contributed by atoms with Gasteiger partial charge in [-0.1, -0.05) is 22.9 Å². The van der Waals surface area contributed by atoms with Crippen molar-refractivity contribution in [1.82, 2.24) is 4.98 Å². The first-order chi connectivity index (χ1) is 9.01. The maximum Gasteiger partial charge on any atom is 0.347 e. The Morgan fingerprint density at radius 1 is 1.53 bits per heavy atom. The van der Waals surface area contributed by atoms with E-state index in [0.717, 1.165) is 16.9 Å². The average molecular weight is 299 g/mol. The number of methoxy groups -OCH3 is 1. The molecule has 0 atom stereocenters. The van der Waals surface area contributed by atoms with E-state index >= 15 is 0 Å². The maximum absolute atomic E-state index is 10.8. The molecule has 1 heterocycles. The SMILES string of the molecule is COc1cc(Cl)c(C)cc1Nc1ncc(C(=O)O)s1. The van der Waals surface area contributed by atoms with E-state index in [-0.39, 0.29) is 4.88 Å². The molecule has 0 aliphatic heterocycles. The predicted molar refractivity (Wildman–Crippen MR) is 75.1 cm³/mol. The van der Waals surface area contributed by atoms with Gasteiger partial charge in [0.1, 0.15) is 10.6 Å². The van der Waals surface area contributed by atoms with Crippen LogP contribution in [0.4, 0.5) is 10.8 Å². The first-order valence-corrected chi connectivity index (χ1v) is 6.51. The van der Waals surface area contributed by atoms with E-state index in [1.807, 2.05) is 13.0 Å². The second kappa shape index (κ2) is 5.46. The summed E-state index contributed by atoms with van der Waals surface area (Å²) >= 11 is 7.07. The van der Waals surface area contributed by atoms with Gasteiger partial charge in [-0.05, 0) is 18.6 Å². The number of thiazole rings is 1. The number of hydrogen-bond acceptors (Lipinski definition) is 5. The molecule has 2 aromatic rings. The molecule has 0 aliphatic carbocycles. The molecular formula is C12H11ClN2O3S. The van der Waals surface area contributed by atoms with Gasteiger partial charge in [-0.3, -0.25) is 0 Å². The highest BCUT2D eigenvalue weighted by molar-refractivity contribution is 7.17. The topological polar surface area (TPSA) is 71.5 Å². The zero-order valence-electron chi connectivity index (χ0n) is 10.2. The minimum absolute atomic E-state index is 0.173. The van der Waals surface area contributed by atoms with Crippen LogP contribution < -0.4 is 10.1 Å². The quantitative estimate of drug-likeness (QED) is 0.903. The number of anilines is 2. The van der Waals surface area contributed by atoms with Crippen LogP contribution in [0.1, 0.15) is 15.2 Å². The number of halogens is 1. The molecule has 0 fully saturated rings. The molecule has 0 radical (unpaired) electrons. The van der Waals surface area contributed by atoms with Crippen molar-refractivity contribution in [3.05, 3.63) is 33.8 Å². The smallest absolute Gasteiger partial charge is 0.347 e. The second-order valence-electron chi connectivity index (χ2n) is 3.76. The van der Waals surface area contributed by atoms with E-state index in [4.69, 9.17) is 21.4 Å². The minimum Gasteiger partial charge on any atom is -0.495 e. The lowest BCUT2D eigenvalue weighted by molar-refractivity contribution is 0.0702. The Labute approximate surface area is 118 Å². The Morgan fingerprint density at radius 2 is 2.26 bits per heavy atom. The standard InChI is InChI=1S/C12H11ClN2O3S/c1-6-3-8(9(18-2)4-7(6)13)15-12-14-5-10(19-12)11(16)17/h3-5H,1-2H3,(H,14,15)(H,16,17). The number of aromatic carboxylic acids is 1. The van der Waals surface area contributed by atoms with Gasteiger partial charge in [-0.2, -0.15) is 0 Å². The van der Waals surface area contributed by atoms with Gasteiger partial charge in [0.2, 0.25) is 0 Å². The molecule has 0 bridgehead atoms. The molecule has 0 saturated carbocycles. The summed E-state index contributed by atoms with van der Waals surface area (Å²) in [6.45, 7) is 1.87. The molecule has 1 aromatic carbocycles. The first kappa shape index (κ1) is 13.6. The number of rotatable bonds is 4. The van der Waals surface area contributed by atoms with Crippen LogP contribution in [0.5, 0.6) is 5.75 Å². The van der Waals surface area contributed by atoms with Crippen LogP contribution in [0.15, 0.2) is 18.3 Å². The molecule has 0 amide bonds. The van der Waals surface area contributed by atoms with E-state index < -0.39 is 5.97 Å². The number of ether oxygens (including phenoxy) is 1. The summed E-state index contributed by atoms with van der Waals surface area (Å²) in [5.74, 6) is -0.424. The number of benzene rings is 1. The van der Waals surface area contributed by atoms with Crippen molar-refractivity contribution < 1.29 is 14.6 Å². The molecule has 5 nitrogen and oxygen atoms in total. The third-order valence-corrected chi connectivity index (χ3v) is 3.75. The summed E-state index contributed by atoms with van der Waals surface area (Å²) in [6.07, 6.45) is 1.31. The van der Waals surface area contributed by atoms with Crippen molar-refractivity contribution >= 4 is 39.7 Å². The van der Waals surface area contributed by atoms with Crippen molar-refractivity contribution in [2.75, 3.05) is 12.4 Å². The summed E-state index contributed by atoms with van der Waals surface area (Å²) in [4.78, 5) is 15.0. The maximum atomic E-state index is 10.8. The Balaban J connectivity index is 2.31. The van der Waals surface area contributed by atoms with Crippen LogP contribution >= 0.6 is 22.9 Å². The lowest BCUT2D eigenvalue weighted by Gasteiger charge is -2.11. The fraction of sp³-hybridized carbons (Fsp3) is 0.167. The molecule has 19 heavy (non-hydrogen) atoms. The third-order valence-electron chi connectivity index (χ3n) is 2.44. The molecule has 0 unspecified atom stereocenters. The summed E-state index contributed by atoms with van der Waals surface area (Å²) in [6, 6.07) is 3.52. The number of nitrogens with one attached hydrogen (secondary N) is 1. The number of carbonyl (C=O) groups is 1. The molecule has 0 saturated heterocycles. The van der Waals surface area contributed by atoms with E-state index in [2.05, 4.69) is 10.3 Å². The van der Waals surface area contributed by atoms with E-state index in [9.17, 15) is 4.79 Å². The summed E-state index contributed by atoms with van der Waals surface area (Å²) in [5.41, 5.74) is 1.58. The second-order valence-corrected chi connectivity index (χ2v) is 5.20. The monoisotopic (exact) mass is 298 g/mol. The van der Waals surface area contributed by atoms with Crippen LogP contribution in [-0.2, 0) is 0 Å². The molecule has 7 heteroatoms. The summed E-state index contributed by atoms with van der Waals surface area (Å²) < 4.78 is 5.22. The third kappa shape index (κ3) is 2.97. The Morgan fingerprint density at radius 3 is 2.84 bits per heavy atom. The number of aryl methyl sites for hydroxylation is 1. The highest BCUT2D eigenvalue weighted by Crippen LogP contribution is 2.34. The lowest BCUT2D eigenvalue weighted by atomic mass is 10.2. The van der Waals surface area contributed by atoms with Crippen molar-refractivity contribution in [2.45, 2.75) is 6.92 Å². The molecule has 0 spiro atoms. The molecule has 2 rings (SSSR count). The van der Waals surface area contributed by atoms with Gasteiger partial charge in [-0.25, -0.2) is 9.78 Å². The van der Waals surface area contributed by atoms with Crippen LogP contribution in [-0.4, -0.2) is 23.2 Å². The van der Waals surface area contributed by atoms with Gasteiger partial charge >= 0.3 is 5.97 Å². The van der Waals surface area contributed by atoms with Crippen molar-refractivity contribution in [3.8, 4) is 5.75 Å². The van der Waals surface area contributed by atoms with Gasteiger partial charge in [-0.15, -0.1) is 0 Å². The predicted octanol–water partition coefficient (Wildman–Crippen LogP) is 3.56. The van der Waals surface area contributed by atoms with Crippen LogP contribution in [0, 0.1) is 6.92 Å². The normalized spacial score (nSPS) is 10.3. The zero-order valence-corrected chi connectivity index (χ0v) is 11.8. The highest BCUT2D eigenvalue weighted by Gasteiger charge is 2.12. The largest absolute Gasteiger partial charge is 0.495 e. The van der Waals surface area contributed by atoms with Crippen molar-refractivity contribution in [1.29, 1.82) is 0 Å². The fourth-order valence-corrected chi connectivity index (χ4v) is 2.30. The van der Waals surface area contributed by atoms with E-state index in [0.29, 0.717) is 21.6 Å². The molecule has 1 aromatic heterocycles. The van der Waals surface area contributed by atoms with Crippen molar-refractivity contribution in [2.24, 2.45) is 0 Å². The highest BCUT2D eigenvalue weighted by atomic mass is 35.5. The number of nitrogens with zero attached hydrogens (tertiary/aromatic N) is 1. The van der Waals surface area contributed by atoms with Crippen LogP contribution in [0.25, 0.3) is 0 Å². The van der Waals surface area contributed by atoms with E-state index in [1.165, 1.54) is 13.3 Å². The van der Waals surface area contributed by atoms with Crippen LogP contribution in [0.2, 0.25) is 5.02 Å². The van der Waals surface area contributed by atoms with Gasteiger partial charge in [0.15, 0.2) is 5.13 Å². The number of aromatic nitrogens is 1. The molecule has 2 N–H and O–H groups in total. The number of carboxylic acid groups (broad SMARTS) is 1. The van der Waals surface area contributed by atoms with Crippen LogP contribution in [0.3, 0.4) is 0 Å². The fourth-order valence-electron chi connectivity index (χ4n) is 1.48.